The van der Waals surface area contributed by atoms with E-state index in [2.05, 4.69) is 10.3 Å². The lowest BCUT2D eigenvalue weighted by molar-refractivity contribution is 0.102. The maximum absolute atomic E-state index is 12.9. The zero-order chi connectivity index (χ0) is 21.1. The molecule has 1 aliphatic rings. The Hall–Kier alpha value is -2.55. The molecule has 1 unspecified atom stereocenters. The van der Waals surface area contributed by atoms with Crippen molar-refractivity contribution in [3.05, 3.63) is 65.7 Å². The molecule has 1 aliphatic heterocycles. The summed E-state index contributed by atoms with van der Waals surface area (Å²) in [6.07, 6.45) is 4.56. The van der Waals surface area contributed by atoms with E-state index in [1.54, 1.807) is 34.0 Å². The normalized spacial score (nSPS) is 17.6. The summed E-state index contributed by atoms with van der Waals surface area (Å²) < 4.78 is 27.4. The second kappa shape index (κ2) is 8.67. The lowest BCUT2D eigenvalue weighted by Gasteiger charge is -2.32. The Balaban J connectivity index is 1.45. The number of carbonyl (C=O) groups is 1. The number of aromatic nitrogens is 1. The Bertz CT molecular complexity index is 1110. The van der Waals surface area contributed by atoms with Gasteiger partial charge in [-0.05, 0) is 68.3 Å². The fourth-order valence-electron chi connectivity index (χ4n) is 3.61. The molecule has 2 heterocycles. The fourth-order valence-corrected chi connectivity index (χ4v) is 5.95. The second-order valence-corrected chi connectivity index (χ2v) is 10.1. The van der Waals surface area contributed by atoms with Gasteiger partial charge in [-0.25, -0.2) is 13.4 Å². The van der Waals surface area contributed by atoms with Crippen molar-refractivity contribution in [2.24, 2.45) is 0 Å². The number of rotatable bonds is 5. The number of hydrogen-bond donors (Lipinski definition) is 1. The van der Waals surface area contributed by atoms with Crippen LogP contribution in [0.4, 0.5) is 5.69 Å². The van der Waals surface area contributed by atoms with Crippen molar-refractivity contribution in [3.8, 4) is 10.6 Å². The largest absolute Gasteiger partial charge is 0.322 e. The van der Waals surface area contributed by atoms with Crippen LogP contribution in [0.25, 0.3) is 10.6 Å². The minimum absolute atomic E-state index is 0.000857. The van der Waals surface area contributed by atoms with Gasteiger partial charge in [0.2, 0.25) is 10.0 Å². The first kappa shape index (κ1) is 20.7. The second-order valence-electron chi connectivity index (χ2n) is 7.35. The van der Waals surface area contributed by atoms with Crippen LogP contribution in [-0.4, -0.2) is 36.2 Å². The van der Waals surface area contributed by atoms with Gasteiger partial charge in [-0.3, -0.25) is 4.79 Å². The summed E-state index contributed by atoms with van der Waals surface area (Å²) in [6, 6.07) is 13.6. The Morgan fingerprint density at radius 1 is 1.10 bits per heavy atom. The van der Waals surface area contributed by atoms with Gasteiger partial charge in [-0.15, -0.1) is 11.3 Å². The quantitative estimate of drug-likeness (QED) is 0.626. The van der Waals surface area contributed by atoms with Crippen LogP contribution < -0.4 is 5.32 Å². The molecular formula is C22H23N3O3S2. The maximum atomic E-state index is 12.9. The number of anilines is 1. The Morgan fingerprint density at radius 3 is 2.47 bits per heavy atom. The van der Waals surface area contributed by atoms with Gasteiger partial charge >= 0.3 is 0 Å². The van der Waals surface area contributed by atoms with E-state index in [-0.39, 0.29) is 16.8 Å². The molecule has 0 bridgehead atoms. The standard InChI is InChI=1S/C22H23N3O3S2/c1-16-4-2-3-14-25(16)30(27,28)20-11-7-17(8-12-20)21(26)24-19-9-5-18(6-10-19)22-23-13-15-29-22/h5-13,15-16H,2-4,14H2,1H3,(H,24,26). The molecule has 1 N–H and O–H groups in total. The molecule has 8 heteroatoms. The highest BCUT2D eigenvalue weighted by Crippen LogP contribution is 2.26. The van der Waals surface area contributed by atoms with Gasteiger partial charge in [0.1, 0.15) is 5.01 Å². The molecule has 30 heavy (non-hydrogen) atoms. The maximum Gasteiger partial charge on any atom is 0.255 e. The van der Waals surface area contributed by atoms with Gasteiger partial charge < -0.3 is 5.32 Å². The number of thiazole rings is 1. The Labute approximate surface area is 180 Å². The van der Waals surface area contributed by atoms with Crippen LogP contribution in [0.1, 0.15) is 36.5 Å². The minimum atomic E-state index is -3.54. The van der Waals surface area contributed by atoms with E-state index in [0.29, 0.717) is 17.8 Å². The molecule has 6 nitrogen and oxygen atoms in total. The van der Waals surface area contributed by atoms with Gasteiger partial charge in [0.15, 0.2) is 0 Å². The number of hydrogen-bond acceptors (Lipinski definition) is 5. The van der Waals surface area contributed by atoms with Crippen molar-refractivity contribution in [1.29, 1.82) is 0 Å². The van der Waals surface area contributed by atoms with Crippen molar-refractivity contribution in [2.45, 2.75) is 37.1 Å². The molecule has 0 aliphatic carbocycles. The van der Waals surface area contributed by atoms with Crippen LogP contribution >= 0.6 is 11.3 Å². The molecule has 1 fully saturated rings. The smallest absolute Gasteiger partial charge is 0.255 e. The summed E-state index contributed by atoms with van der Waals surface area (Å²) in [5, 5.41) is 5.68. The molecule has 2 aromatic carbocycles. The molecule has 0 saturated carbocycles. The molecule has 4 rings (SSSR count). The van der Waals surface area contributed by atoms with Gasteiger partial charge in [0.25, 0.3) is 5.91 Å². The highest BCUT2D eigenvalue weighted by molar-refractivity contribution is 7.89. The number of nitrogens with zero attached hydrogens (tertiary/aromatic N) is 2. The third kappa shape index (κ3) is 4.30. The van der Waals surface area contributed by atoms with Crippen LogP contribution in [0.5, 0.6) is 0 Å². The van der Waals surface area contributed by atoms with Gasteiger partial charge in [-0.1, -0.05) is 6.42 Å². The highest BCUT2D eigenvalue weighted by atomic mass is 32.2. The predicted molar refractivity (Wildman–Crippen MR) is 119 cm³/mol. The molecule has 1 atom stereocenters. The lowest BCUT2D eigenvalue weighted by Crippen LogP contribution is -2.41. The van der Waals surface area contributed by atoms with Gasteiger partial charge in [-0.2, -0.15) is 4.31 Å². The number of carbonyl (C=O) groups excluding carboxylic acids is 1. The summed E-state index contributed by atoms with van der Waals surface area (Å²) in [4.78, 5) is 17.1. The molecule has 156 valence electrons. The molecule has 1 saturated heterocycles. The van der Waals surface area contributed by atoms with Crippen molar-refractivity contribution >= 4 is 33.0 Å². The Morgan fingerprint density at radius 2 is 1.83 bits per heavy atom. The van der Waals surface area contributed by atoms with Crippen molar-refractivity contribution in [1.82, 2.24) is 9.29 Å². The van der Waals surface area contributed by atoms with Crippen molar-refractivity contribution in [3.63, 3.8) is 0 Å². The Kier molecular flexibility index (Phi) is 5.99. The van der Waals surface area contributed by atoms with E-state index in [9.17, 15) is 13.2 Å². The molecule has 0 spiro atoms. The van der Waals surface area contributed by atoms with Crippen LogP contribution in [0.2, 0.25) is 0 Å². The van der Waals surface area contributed by atoms with Crippen LogP contribution in [0.15, 0.2) is 65.0 Å². The summed E-state index contributed by atoms with van der Waals surface area (Å²) in [7, 11) is -3.54. The number of benzene rings is 2. The van der Waals surface area contributed by atoms with E-state index in [0.717, 1.165) is 29.8 Å². The predicted octanol–water partition coefficient (Wildman–Crippen LogP) is 4.63. The fraction of sp³-hybridized carbons (Fsp3) is 0.273. The van der Waals surface area contributed by atoms with E-state index in [1.807, 2.05) is 36.6 Å². The zero-order valence-corrected chi connectivity index (χ0v) is 18.2. The number of amides is 1. The first-order valence-electron chi connectivity index (χ1n) is 9.88. The molecule has 1 amide bonds. The number of nitrogens with one attached hydrogen (secondary N) is 1. The lowest BCUT2D eigenvalue weighted by atomic mass is 10.1. The van der Waals surface area contributed by atoms with Gasteiger partial charge in [0, 0.05) is 41.0 Å². The van der Waals surface area contributed by atoms with E-state index >= 15 is 0 Å². The van der Waals surface area contributed by atoms with E-state index in [1.165, 1.54) is 12.1 Å². The highest BCUT2D eigenvalue weighted by Gasteiger charge is 2.30. The number of piperidine rings is 1. The minimum Gasteiger partial charge on any atom is -0.322 e. The average Bonchev–Trinajstić information content (AvgIpc) is 3.29. The van der Waals surface area contributed by atoms with E-state index in [4.69, 9.17) is 0 Å². The summed E-state index contributed by atoms with van der Waals surface area (Å²) in [6.45, 7) is 2.49. The van der Waals surface area contributed by atoms with Crippen LogP contribution in [0.3, 0.4) is 0 Å². The molecule has 1 aromatic heterocycles. The monoisotopic (exact) mass is 441 g/mol. The van der Waals surface area contributed by atoms with E-state index < -0.39 is 10.0 Å². The number of sulfonamides is 1. The molecule has 0 radical (unpaired) electrons. The third-order valence-electron chi connectivity index (χ3n) is 5.29. The molecule has 3 aromatic rings. The summed E-state index contributed by atoms with van der Waals surface area (Å²) >= 11 is 1.56. The SMILES string of the molecule is CC1CCCCN1S(=O)(=O)c1ccc(C(=O)Nc2ccc(-c3nccs3)cc2)cc1. The van der Waals surface area contributed by atoms with Crippen molar-refractivity contribution < 1.29 is 13.2 Å². The first-order chi connectivity index (χ1) is 14.4. The van der Waals surface area contributed by atoms with Crippen LogP contribution in [-0.2, 0) is 10.0 Å². The topological polar surface area (TPSA) is 79.4 Å². The first-order valence-corrected chi connectivity index (χ1v) is 12.2. The van der Waals surface area contributed by atoms with Crippen molar-refractivity contribution in [2.75, 3.05) is 11.9 Å². The summed E-state index contributed by atoms with van der Waals surface area (Å²) in [5.41, 5.74) is 2.06. The zero-order valence-electron chi connectivity index (χ0n) is 16.6. The molecular weight excluding hydrogens is 418 g/mol. The van der Waals surface area contributed by atoms with Crippen LogP contribution in [0, 0.1) is 0 Å². The third-order valence-corrected chi connectivity index (χ3v) is 8.14. The average molecular weight is 442 g/mol. The van der Waals surface area contributed by atoms with Gasteiger partial charge in [0.05, 0.1) is 4.90 Å². The summed E-state index contributed by atoms with van der Waals surface area (Å²) in [5.74, 6) is -0.285.